The zero-order valence-corrected chi connectivity index (χ0v) is 16.1. The Bertz CT molecular complexity index is 934. The number of hydrogen-bond donors (Lipinski definition) is 1. The Morgan fingerprint density at radius 3 is 2.59 bits per heavy atom. The molecule has 1 amide bonds. The maximum absolute atomic E-state index is 13.6. The number of aryl methyl sites for hydroxylation is 2. The van der Waals surface area contributed by atoms with Gasteiger partial charge >= 0.3 is 0 Å². The summed E-state index contributed by atoms with van der Waals surface area (Å²) < 4.78 is 18.7. The van der Waals surface area contributed by atoms with Gasteiger partial charge in [-0.05, 0) is 54.6 Å². The molecule has 1 aromatic carbocycles. The van der Waals surface area contributed by atoms with Gasteiger partial charge in [-0.1, -0.05) is 0 Å². The van der Waals surface area contributed by atoms with Crippen molar-refractivity contribution in [2.75, 3.05) is 20.3 Å². The highest BCUT2D eigenvalue weighted by Crippen LogP contribution is 2.42. The molecule has 0 aliphatic carbocycles. The lowest BCUT2D eigenvalue weighted by molar-refractivity contribution is -0.140. The van der Waals surface area contributed by atoms with Crippen molar-refractivity contribution in [3.8, 4) is 0 Å². The fourth-order valence-corrected chi connectivity index (χ4v) is 4.23. The lowest BCUT2D eigenvalue weighted by atomic mass is 9.97. The van der Waals surface area contributed by atoms with Gasteiger partial charge in [-0.2, -0.15) is 0 Å². The number of nitrogens with zero attached hydrogens (tertiary/aromatic N) is 1. The van der Waals surface area contributed by atoms with Crippen LogP contribution in [-0.4, -0.2) is 42.0 Å². The van der Waals surface area contributed by atoms with Crippen LogP contribution in [0.3, 0.4) is 0 Å². The van der Waals surface area contributed by atoms with Gasteiger partial charge in [0.15, 0.2) is 0 Å². The number of carbonyl (C=O) groups is 2. The molecule has 1 aromatic heterocycles. The molecule has 2 heterocycles. The smallest absolute Gasteiger partial charge is 0.295 e. The van der Waals surface area contributed by atoms with Crippen LogP contribution in [0.4, 0.5) is 4.39 Å². The number of hydrogen-bond acceptors (Lipinski definition) is 5. The van der Waals surface area contributed by atoms with Crippen molar-refractivity contribution in [3.05, 3.63) is 62.6 Å². The number of amides is 1. The van der Waals surface area contributed by atoms with Gasteiger partial charge in [0, 0.05) is 24.1 Å². The lowest BCUT2D eigenvalue weighted by Crippen LogP contribution is -2.32. The average molecular weight is 389 g/mol. The Kier molecular flexibility index (Phi) is 5.43. The van der Waals surface area contributed by atoms with E-state index >= 15 is 0 Å². The molecule has 1 fully saturated rings. The lowest BCUT2D eigenvalue weighted by Gasteiger charge is -2.24. The molecule has 5 nitrogen and oxygen atoms in total. The molecular weight excluding hydrogens is 369 g/mol. The first-order valence-corrected chi connectivity index (χ1v) is 9.32. The maximum Gasteiger partial charge on any atom is 0.295 e. The number of rotatable bonds is 5. The Morgan fingerprint density at radius 2 is 2.00 bits per heavy atom. The third-order valence-electron chi connectivity index (χ3n) is 4.66. The predicted octanol–water partition coefficient (Wildman–Crippen LogP) is 3.57. The van der Waals surface area contributed by atoms with Gasteiger partial charge in [0.1, 0.15) is 11.6 Å². The van der Waals surface area contributed by atoms with Crippen molar-refractivity contribution >= 4 is 28.8 Å². The number of methoxy groups -OCH3 is 1. The van der Waals surface area contributed by atoms with Gasteiger partial charge in [0.2, 0.25) is 0 Å². The van der Waals surface area contributed by atoms with E-state index in [1.54, 1.807) is 6.92 Å². The number of benzene rings is 1. The third kappa shape index (κ3) is 3.40. The molecular formula is C20H20FNO4S. The quantitative estimate of drug-likeness (QED) is 0.482. The van der Waals surface area contributed by atoms with Gasteiger partial charge < -0.3 is 14.7 Å². The summed E-state index contributed by atoms with van der Waals surface area (Å²) >= 11 is 1.42. The number of carbonyl (C=O) groups excluding carboxylic acids is 2. The summed E-state index contributed by atoms with van der Waals surface area (Å²) in [5, 5.41) is 12.7. The van der Waals surface area contributed by atoms with Crippen LogP contribution in [-0.2, 0) is 14.3 Å². The molecule has 27 heavy (non-hydrogen) atoms. The number of aliphatic hydroxyl groups is 1. The summed E-state index contributed by atoms with van der Waals surface area (Å²) in [5.74, 6) is -2.12. The monoisotopic (exact) mass is 389 g/mol. The molecule has 1 saturated heterocycles. The Morgan fingerprint density at radius 1 is 1.26 bits per heavy atom. The van der Waals surface area contributed by atoms with Crippen LogP contribution in [0.25, 0.3) is 5.76 Å². The van der Waals surface area contributed by atoms with Crippen LogP contribution in [0, 0.1) is 19.7 Å². The topological polar surface area (TPSA) is 66.8 Å². The molecule has 1 aliphatic heterocycles. The summed E-state index contributed by atoms with van der Waals surface area (Å²) in [4.78, 5) is 27.6. The molecule has 0 bridgehead atoms. The van der Waals surface area contributed by atoms with Gasteiger partial charge in [0.05, 0.1) is 18.2 Å². The maximum atomic E-state index is 13.6. The Balaban J connectivity index is 2.18. The predicted molar refractivity (Wildman–Crippen MR) is 101 cm³/mol. The number of aliphatic hydroxyl groups excluding tert-OH is 1. The second kappa shape index (κ2) is 7.62. The molecule has 142 valence electrons. The number of thiophene rings is 1. The number of likely N-dealkylation sites (tertiary alicyclic amines) is 1. The van der Waals surface area contributed by atoms with Crippen molar-refractivity contribution in [3.63, 3.8) is 0 Å². The minimum atomic E-state index is -0.747. The van der Waals surface area contributed by atoms with E-state index in [-0.39, 0.29) is 24.5 Å². The molecule has 0 radical (unpaired) electrons. The number of ether oxygens (including phenoxy) is 1. The normalized spacial score (nSPS) is 19.1. The van der Waals surface area contributed by atoms with Crippen molar-refractivity contribution in [1.82, 2.24) is 4.90 Å². The van der Waals surface area contributed by atoms with E-state index in [1.165, 1.54) is 41.5 Å². The van der Waals surface area contributed by atoms with Crippen LogP contribution in [0.1, 0.15) is 27.6 Å². The van der Waals surface area contributed by atoms with Gasteiger partial charge in [-0.3, -0.25) is 9.59 Å². The Labute approximate surface area is 160 Å². The number of halogens is 1. The standard InChI is InChI=1S/C20H20FNO4S/c1-11-6-9-27-19(11)16-15(18(24)20(25)22(16)7-8-26-3)17(23)13-4-5-14(21)12(2)10-13/h4-6,9-10,16,23H,7-8H2,1-3H3/b17-15-. The molecule has 1 N–H and O–H groups in total. The summed E-state index contributed by atoms with van der Waals surface area (Å²) in [5.41, 5.74) is 1.59. The molecule has 1 unspecified atom stereocenters. The zero-order valence-electron chi connectivity index (χ0n) is 15.3. The van der Waals surface area contributed by atoms with Crippen molar-refractivity contribution in [1.29, 1.82) is 0 Å². The molecule has 2 aromatic rings. The highest BCUT2D eigenvalue weighted by atomic mass is 32.1. The van der Waals surface area contributed by atoms with Crippen LogP contribution in [0.2, 0.25) is 0 Å². The first-order chi connectivity index (χ1) is 12.9. The van der Waals surface area contributed by atoms with E-state index in [1.807, 2.05) is 18.4 Å². The van der Waals surface area contributed by atoms with E-state index in [2.05, 4.69) is 0 Å². The highest BCUT2D eigenvalue weighted by molar-refractivity contribution is 7.10. The van der Waals surface area contributed by atoms with Crippen LogP contribution in [0.5, 0.6) is 0 Å². The first-order valence-electron chi connectivity index (χ1n) is 8.44. The molecule has 0 spiro atoms. The minimum absolute atomic E-state index is 0.0210. The van der Waals surface area contributed by atoms with E-state index in [9.17, 15) is 19.1 Å². The SMILES string of the molecule is COCCN1C(=O)C(=O)/C(=C(\O)c2ccc(F)c(C)c2)C1c1sccc1C. The second-order valence-electron chi connectivity index (χ2n) is 6.42. The van der Waals surface area contributed by atoms with E-state index in [4.69, 9.17) is 4.74 Å². The van der Waals surface area contributed by atoms with Gasteiger partial charge in [-0.25, -0.2) is 4.39 Å². The average Bonchev–Trinajstić information content (AvgIpc) is 3.16. The van der Waals surface area contributed by atoms with Crippen LogP contribution >= 0.6 is 11.3 Å². The largest absolute Gasteiger partial charge is 0.507 e. The second-order valence-corrected chi connectivity index (χ2v) is 7.36. The highest BCUT2D eigenvalue weighted by Gasteiger charge is 2.46. The van der Waals surface area contributed by atoms with Gasteiger partial charge in [-0.15, -0.1) is 11.3 Å². The molecule has 3 rings (SSSR count). The summed E-state index contributed by atoms with van der Waals surface area (Å²) in [6.07, 6.45) is 0. The van der Waals surface area contributed by atoms with Gasteiger partial charge in [0.25, 0.3) is 11.7 Å². The third-order valence-corrected chi connectivity index (χ3v) is 5.73. The van der Waals surface area contributed by atoms with Crippen molar-refractivity contribution in [2.45, 2.75) is 19.9 Å². The molecule has 1 atom stereocenters. The van der Waals surface area contributed by atoms with Crippen LogP contribution in [0.15, 0.2) is 35.2 Å². The summed E-state index contributed by atoms with van der Waals surface area (Å²) in [6, 6.07) is 5.31. The summed E-state index contributed by atoms with van der Waals surface area (Å²) in [6.45, 7) is 3.96. The zero-order chi connectivity index (χ0) is 19.7. The Hall–Kier alpha value is -2.51. The fourth-order valence-electron chi connectivity index (χ4n) is 3.18. The van der Waals surface area contributed by atoms with E-state index < -0.39 is 23.5 Å². The van der Waals surface area contributed by atoms with Crippen molar-refractivity contribution in [2.24, 2.45) is 0 Å². The minimum Gasteiger partial charge on any atom is -0.507 e. The summed E-state index contributed by atoms with van der Waals surface area (Å²) in [7, 11) is 1.52. The van der Waals surface area contributed by atoms with E-state index in [0.717, 1.165) is 10.4 Å². The van der Waals surface area contributed by atoms with E-state index in [0.29, 0.717) is 11.1 Å². The molecule has 0 saturated carbocycles. The fraction of sp³-hybridized carbons (Fsp3) is 0.300. The van der Waals surface area contributed by atoms with Crippen LogP contribution < -0.4 is 0 Å². The number of Topliss-reactive ketones (excluding diaryl/α,β-unsaturated/α-hetero) is 1. The number of ketones is 1. The molecule has 7 heteroatoms. The molecule has 1 aliphatic rings. The first kappa shape index (κ1) is 19.3. The van der Waals surface area contributed by atoms with Crippen molar-refractivity contribution < 1.29 is 23.8 Å².